The number of ether oxygens (including phenoxy) is 1. The van der Waals surface area contributed by atoms with Crippen LogP contribution in [-0.2, 0) is 0 Å². The van der Waals surface area contributed by atoms with E-state index < -0.39 is 0 Å². The zero-order valence-electron chi connectivity index (χ0n) is 18.5. The Hall–Kier alpha value is -2.64. The molecule has 4 heterocycles. The molecule has 0 unspecified atom stereocenters. The number of piperidine rings is 1. The summed E-state index contributed by atoms with van der Waals surface area (Å²) in [6, 6.07) is 12.0. The van der Waals surface area contributed by atoms with Crippen molar-refractivity contribution in [2.75, 3.05) is 35.1 Å². The van der Waals surface area contributed by atoms with Gasteiger partial charge in [0.2, 0.25) is 0 Å². The number of amides is 1. The van der Waals surface area contributed by atoms with Gasteiger partial charge >= 0.3 is 0 Å². The Kier molecular flexibility index (Phi) is 5.78. The lowest BCUT2D eigenvalue weighted by atomic mass is 9.84. The number of aryl methyl sites for hydroxylation is 2. The van der Waals surface area contributed by atoms with Gasteiger partial charge in [-0.15, -0.1) is 11.3 Å². The smallest absolute Gasteiger partial charge is 0.256 e. The second-order valence-corrected chi connectivity index (χ2v) is 10.1. The Bertz CT molecular complexity index is 1150. The molecule has 3 aliphatic heterocycles. The maximum atomic E-state index is 13.2. The number of anilines is 3. The lowest BCUT2D eigenvalue weighted by molar-refractivity contribution is 0.102. The van der Waals surface area contributed by atoms with Gasteiger partial charge in [-0.25, -0.2) is 0 Å². The first-order chi connectivity index (χ1) is 15.5. The number of hydrogen-bond acceptors (Lipinski definition) is 6. The Balaban J connectivity index is 1.36. The highest BCUT2D eigenvalue weighted by Gasteiger charge is 2.35. The van der Waals surface area contributed by atoms with Crippen molar-refractivity contribution in [3.05, 3.63) is 64.0 Å². The SMILES string of the molecule is COc1ccc(NC(=O)c2csc3c2C2CCN3CC2)cc1SNc1c(C)cccc1C. The van der Waals surface area contributed by atoms with E-state index in [2.05, 4.69) is 47.0 Å². The average molecular weight is 466 g/mol. The number of rotatable bonds is 6. The normalized spacial score (nSPS) is 14.9. The molecule has 2 N–H and O–H groups in total. The van der Waals surface area contributed by atoms with Crippen molar-refractivity contribution >= 4 is 45.6 Å². The number of hydrogen-bond donors (Lipinski definition) is 2. The van der Waals surface area contributed by atoms with Gasteiger partial charge in [0.05, 0.1) is 28.3 Å². The molecule has 3 aromatic rings. The van der Waals surface area contributed by atoms with Crippen LogP contribution in [0.2, 0.25) is 0 Å². The van der Waals surface area contributed by atoms with Gasteiger partial charge in [-0.3, -0.25) is 4.79 Å². The molecule has 3 aliphatic rings. The lowest BCUT2D eigenvalue weighted by Gasteiger charge is -2.40. The van der Waals surface area contributed by atoms with Crippen molar-refractivity contribution < 1.29 is 9.53 Å². The molecule has 0 radical (unpaired) electrons. The minimum atomic E-state index is -0.0277. The van der Waals surface area contributed by atoms with Crippen molar-refractivity contribution in [2.24, 2.45) is 0 Å². The number of carbonyl (C=O) groups excluding carboxylic acids is 1. The number of fused-ring (bicyclic) bond motifs is 2. The van der Waals surface area contributed by atoms with E-state index in [1.165, 1.54) is 33.6 Å². The molecule has 1 amide bonds. The van der Waals surface area contributed by atoms with Crippen LogP contribution in [0.4, 0.5) is 16.4 Å². The van der Waals surface area contributed by atoms with Crippen molar-refractivity contribution in [3.63, 3.8) is 0 Å². The van der Waals surface area contributed by atoms with E-state index in [0.717, 1.165) is 53.5 Å². The predicted octanol–water partition coefficient (Wildman–Crippen LogP) is 6.44. The zero-order chi connectivity index (χ0) is 22.2. The highest BCUT2D eigenvalue weighted by molar-refractivity contribution is 8.00. The van der Waals surface area contributed by atoms with Crippen LogP contribution in [0.5, 0.6) is 5.75 Å². The maximum Gasteiger partial charge on any atom is 0.256 e. The molecule has 7 heteroatoms. The maximum absolute atomic E-state index is 13.2. The first kappa shape index (κ1) is 21.2. The zero-order valence-corrected chi connectivity index (χ0v) is 20.2. The standard InChI is InChI=1S/C25H27N3O2S2/c1-15-5-4-6-16(2)23(15)27-32-21-13-18(7-8-20(21)30-3)26-24(29)19-14-31-25-22(19)17-9-11-28(25)12-10-17/h4-8,13-14,17,27H,9-12H2,1-3H3,(H,26,29). The fourth-order valence-corrected chi connectivity index (χ4v) is 6.83. The number of thiophene rings is 1. The third-order valence-corrected chi connectivity index (χ3v) is 8.31. The van der Waals surface area contributed by atoms with E-state index in [1.54, 1.807) is 18.4 Å². The Morgan fingerprint density at radius 2 is 1.91 bits per heavy atom. The average Bonchev–Trinajstić information content (AvgIpc) is 3.27. The van der Waals surface area contributed by atoms with E-state index >= 15 is 0 Å². The highest BCUT2D eigenvalue weighted by Crippen LogP contribution is 2.47. The number of carbonyl (C=O) groups is 1. The summed E-state index contributed by atoms with van der Waals surface area (Å²) in [6.07, 6.45) is 2.30. The molecule has 2 aromatic carbocycles. The third-order valence-electron chi connectivity index (χ3n) is 6.41. The van der Waals surface area contributed by atoms with Crippen molar-refractivity contribution in [2.45, 2.75) is 37.5 Å². The van der Waals surface area contributed by atoms with Crippen LogP contribution >= 0.6 is 23.3 Å². The molecule has 0 atom stereocenters. The predicted molar refractivity (Wildman–Crippen MR) is 135 cm³/mol. The van der Waals surface area contributed by atoms with Crippen LogP contribution < -0.4 is 19.7 Å². The van der Waals surface area contributed by atoms with Gasteiger partial charge in [0, 0.05) is 29.7 Å². The summed E-state index contributed by atoms with van der Waals surface area (Å²) < 4.78 is 9.02. The molecule has 0 spiro atoms. The Labute approximate surface area is 197 Å². The van der Waals surface area contributed by atoms with Gasteiger partial charge in [0.15, 0.2) is 0 Å². The summed E-state index contributed by atoms with van der Waals surface area (Å²) in [5.41, 5.74) is 6.33. The molecule has 6 rings (SSSR count). The van der Waals surface area contributed by atoms with Crippen LogP contribution in [0.15, 0.2) is 46.7 Å². The van der Waals surface area contributed by atoms with Crippen LogP contribution in [0, 0.1) is 13.8 Å². The van der Waals surface area contributed by atoms with Gasteiger partial charge in [0.1, 0.15) is 5.75 Å². The quantitative estimate of drug-likeness (QED) is 0.410. The number of methoxy groups -OCH3 is 1. The third kappa shape index (κ3) is 3.84. The molecule has 166 valence electrons. The number of para-hydroxylation sites is 1. The number of nitrogens with one attached hydrogen (secondary N) is 2. The molecule has 0 aliphatic carbocycles. The van der Waals surface area contributed by atoms with Gasteiger partial charge in [-0.2, -0.15) is 0 Å². The van der Waals surface area contributed by atoms with E-state index in [4.69, 9.17) is 4.74 Å². The summed E-state index contributed by atoms with van der Waals surface area (Å²) in [4.78, 5) is 16.5. The molecule has 5 nitrogen and oxygen atoms in total. The summed E-state index contributed by atoms with van der Waals surface area (Å²) in [7, 11) is 1.67. The van der Waals surface area contributed by atoms with E-state index in [-0.39, 0.29) is 5.91 Å². The van der Waals surface area contributed by atoms with Crippen molar-refractivity contribution in [1.82, 2.24) is 0 Å². The molecule has 1 aromatic heterocycles. The number of nitrogens with zero attached hydrogens (tertiary/aromatic N) is 1. The van der Waals surface area contributed by atoms with E-state index in [1.807, 2.05) is 23.6 Å². The van der Waals surface area contributed by atoms with Crippen LogP contribution in [-0.4, -0.2) is 26.1 Å². The first-order valence-electron chi connectivity index (χ1n) is 10.9. The molecule has 1 saturated heterocycles. The Morgan fingerprint density at radius 3 is 2.62 bits per heavy atom. The van der Waals surface area contributed by atoms with Crippen molar-refractivity contribution in [3.8, 4) is 5.75 Å². The van der Waals surface area contributed by atoms with E-state index in [0.29, 0.717) is 5.92 Å². The molecule has 32 heavy (non-hydrogen) atoms. The molecular formula is C25H27N3O2S2. The summed E-state index contributed by atoms with van der Waals surface area (Å²) in [5, 5.41) is 6.44. The molecule has 1 fully saturated rings. The molecular weight excluding hydrogens is 438 g/mol. The van der Waals surface area contributed by atoms with Gasteiger partial charge < -0.3 is 19.7 Å². The largest absolute Gasteiger partial charge is 0.496 e. The topological polar surface area (TPSA) is 53.6 Å². The fraction of sp³-hybridized carbons (Fsp3) is 0.320. The lowest BCUT2D eigenvalue weighted by Crippen LogP contribution is -2.38. The first-order valence-corrected chi connectivity index (χ1v) is 12.6. The minimum absolute atomic E-state index is 0.0277. The minimum Gasteiger partial charge on any atom is -0.496 e. The summed E-state index contributed by atoms with van der Waals surface area (Å²) in [6.45, 7) is 6.42. The number of benzene rings is 2. The monoisotopic (exact) mass is 465 g/mol. The van der Waals surface area contributed by atoms with Crippen LogP contribution in [0.3, 0.4) is 0 Å². The van der Waals surface area contributed by atoms with Crippen LogP contribution in [0.1, 0.15) is 45.8 Å². The van der Waals surface area contributed by atoms with Gasteiger partial charge in [0.25, 0.3) is 5.91 Å². The summed E-state index contributed by atoms with van der Waals surface area (Å²) >= 11 is 3.20. The second kappa shape index (κ2) is 8.71. The second-order valence-electron chi connectivity index (χ2n) is 8.42. The highest BCUT2D eigenvalue weighted by atomic mass is 32.2. The van der Waals surface area contributed by atoms with Crippen LogP contribution in [0.25, 0.3) is 0 Å². The van der Waals surface area contributed by atoms with Gasteiger partial charge in [-0.1, -0.05) is 18.2 Å². The molecule has 0 saturated carbocycles. The van der Waals surface area contributed by atoms with Gasteiger partial charge in [-0.05, 0) is 73.9 Å². The van der Waals surface area contributed by atoms with Crippen molar-refractivity contribution in [1.29, 1.82) is 0 Å². The molecule has 2 bridgehead atoms. The Morgan fingerprint density at radius 1 is 1.16 bits per heavy atom. The van der Waals surface area contributed by atoms with E-state index in [9.17, 15) is 4.79 Å². The fourth-order valence-electron chi connectivity index (χ4n) is 4.66. The summed E-state index contributed by atoms with van der Waals surface area (Å²) in [5.74, 6) is 1.26.